The van der Waals surface area contributed by atoms with Crippen LogP contribution in [-0.4, -0.2) is 24.0 Å². The molecule has 0 aliphatic heterocycles. The van der Waals surface area contributed by atoms with Crippen molar-refractivity contribution in [1.29, 1.82) is 0 Å². The van der Waals surface area contributed by atoms with Crippen molar-refractivity contribution < 1.29 is 8.42 Å². The molecule has 1 heterocycles. The summed E-state index contributed by atoms with van der Waals surface area (Å²) in [6.07, 6.45) is 4.97. The van der Waals surface area contributed by atoms with Crippen LogP contribution in [-0.2, 0) is 16.6 Å². The molecule has 0 radical (unpaired) electrons. The van der Waals surface area contributed by atoms with Crippen molar-refractivity contribution in [2.45, 2.75) is 24.4 Å². The average Bonchev–Trinajstić information content (AvgIpc) is 2.78. The molecule has 0 bridgehead atoms. The zero-order valence-electron chi connectivity index (χ0n) is 11.1. The zero-order valence-corrected chi connectivity index (χ0v) is 13.5. The third-order valence-corrected chi connectivity index (χ3v) is 5.20. The number of nitrogens with zero attached hydrogens (tertiary/aromatic N) is 2. The van der Waals surface area contributed by atoms with Crippen molar-refractivity contribution in [2.75, 3.05) is 5.73 Å². The number of anilines is 1. The summed E-state index contributed by atoms with van der Waals surface area (Å²) in [6.45, 7) is 2.17. The van der Waals surface area contributed by atoms with Gasteiger partial charge in [-0.2, -0.15) is 0 Å². The second kappa shape index (κ2) is 6.23. The van der Waals surface area contributed by atoms with Crippen LogP contribution in [0.25, 0.3) is 0 Å². The average molecular weight is 349 g/mol. The number of sulfonamides is 1. The summed E-state index contributed by atoms with van der Waals surface area (Å²) in [7, 11) is -3.84. The molecule has 2 rings (SSSR count). The van der Waals surface area contributed by atoms with Crippen LogP contribution >= 0.6 is 23.2 Å². The number of hydrogen-bond donors (Lipinski definition) is 2. The second-order valence-electron chi connectivity index (χ2n) is 4.60. The van der Waals surface area contributed by atoms with Crippen LogP contribution < -0.4 is 10.5 Å². The highest BCUT2D eigenvalue weighted by Crippen LogP contribution is 2.31. The summed E-state index contributed by atoms with van der Waals surface area (Å²) in [5, 5.41) is -0.0235. The first-order valence-electron chi connectivity index (χ1n) is 6.02. The van der Waals surface area contributed by atoms with Crippen LogP contribution in [0.2, 0.25) is 10.0 Å². The summed E-state index contributed by atoms with van der Waals surface area (Å²) in [5.41, 5.74) is 5.87. The maximum atomic E-state index is 12.4. The van der Waals surface area contributed by atoms with E-state index in [2.05, 4.69) is 9.71 Å². The number of nitrogen functional groups attached to an aromatic ring is 1. The van der Waals surface area contributed by atoms with E-state index in [1.54, 1.807) is 30.2 Å². The van der Waals surface area contributed by atoms with Crippen molar-refractivity contribution in [3.05, 3.63) is 40.9 Å². The first-order valence-corrected chi connectivity index (χ1v) is 8.26. The molecule has 9 heteroatoms. The highest BCUT2D eigenvalue weighted by Gasteiger charge is 2.24. The van der Waals surface area contributed by atoms with Crippen LogP contribution in [0.3, 0.4) is 0 Å². The molecule has 6 nitrogen and oxygen atoms in total. The van der Waals surface area contributed by atoms with E-state index >= 15 is 0 Å². The highest BCUT2D eigenvalue weighted by molar-refractivity contribution is 7.89. The lowest BCUT2D eigenvalue weighted by atomic mass is 10.3. The van der Waals surface area contributed by atoms with Gasteiger partial charge in [-0.05, 0) is 19.1 Å². The molecule has 0 spiro atoms. The van der Waals surface area contributed by atoms with Gasteiger partial charge < -0.3 is 10.3 Å². The summed E-state index contributed by atoms with van der Waals surface area (Å²) in [6, 6.07) is 2.33. The molecular weight excluding hydrogens is 335 g/mol. The molecule has 0 saturated carbocycles. The third kappa shape index (κ3) is 3.88. The van der Waals surface area contributed by atoms with Gasteiger partial charge in [-0.1, -0.05) is 23.2 Å². The number of hydrogen-bond acceptors (Lipinski definition) is 4. The summed E-state index contributed by atoms with van der Waals surface area (Å²) >= 11 is 11.9. The van der Waals surface area contributed by atoms with E-state index in [1.807, 2.05) is 0 Å². The molecule has 1 aromatic carbocycles. The van der Waals surface area contributed by atoms with Gasteiger partial charge in [-0.15, -0.1) is 0 Å². The lowest BCUT2D eigenvalue weighted by molar-refractivity contribution is 0.520. The molecule has 0 aliphatic carbocycles. The Hall–Kier alpha value is -1.28. The van der Waals surface area contributed by atoms with Gasteiger partial charge in [0.15, 0.2) is 0 Å². The number of benzene rings is 1. The Bertz CT molecular complexity index is 709. The van der Waals surface area contributed by atoms with Crippen molar-refractivity contribution in [2.24, 2.45) is 0 Å². The molecular formula is C12H14Cl2N4O2S. The fourth-order valence-electron chi connectivity index (χ4n) is 1.91. The van der Waals surface area contributed by atoms with Crippen molar-refractivity contribution in [3.63, 3.8) is 0 Å². The van der Waals surface area contributed by atoms with Crippen molar-refractivity contribution in [1.82, 2.24) is 14.3 Å². The fourth-order valence-corrected chi connectivity index (χ4v) is 4.37. The topological polar surface area (TPSA) is 90.0 Å². The van der Waals surface area contributed by atoms with Gasteiger partial charge in [-0.3, -0.25) is 0 Å². The van der Waals surface area contributed by atoms with Crippen LogP contribution in [0.15, 0.2) is 35.7 Å². The molecule has 1 unspecified atom stereocenters. The second-order valence-corrected chi connectivity index (χ2v) is 7.06. The van der Waals surface area contributed by atoms with Crippen LogP contribution in [0, 0.1) is 0 Å². The highest BCUT2D eigenvalue weighted by atomic mass is 35.5. The standard InChI is InChI=1S/C12H14Cl2N4O2S/c1-8(6-18-3-2-16-7-18)17-21(19,20)12-10(13)4-9(15)5-11(12)14/h2-5,7-8,17H,6,15H2,1H3. The van der Waals surface area contributed by atoms with Gasteiger partial charge in [0, 0.05) is 30.7 Å². The maximum Gasteiger partial charge on any atom is 0.243 e. The Morgan fingerprint density at radius 1 is 1.38 bits per heavy atom. The van der Waals surface area contributed by atoms with Crippen molar-refractivity contribution in [3.8, 4) is 0 Å². The first-order chi connectivity index (χ1) is 9.79. The minimum absolute atomic E-state index is 0.0117. The fraction of sp³-hybridized carbons (Fsp3) is 0.250. The zero-order chi connectivity index (χ0) is 15.6. The summed E-state index contributed by atoms with van der Waals surface area (Å²) < 4.78 is 29.0. The number of nitrogens with two attached hydrogens (primary N) is 1. The maximum absolute atomic E-state index is 12.4. The van der Waals surface area contributed by atoms with Crippen LogP contribution in [0.4, 0.5) is 5.69 Å². The van der Waals surface area contributed by atoms with Gasteiger partial charge in [0.2, 0.25) is 10.0 Å². The minimum Gasteiger partial charge on any atom is -0.399 e. The number of rotatable bonds is 5. The first kappa shape index (κ1) is 16.1. The lowest BCUT2D eigenvalue weighted by Gasteiger charge is -2.16. The minimum atomic E-state index is -3.84. The van der Waals surface area contributed by atoms with Crippen LogP contribution in [0.1, 0.15) is 6.92 Å². The quantitative estimate of drug-likeness (QED) is 0.810. The summed E-state index contributed by atoms with van der Waals surface area (Å²) in [5.74, 6) is 0. The van der Waals surface area contributed by atoms with E-state index in [4.69, 9.17) is 28.9 Å². The van der Waals surface area contributed by atoms with E-state index in [-0.39, 0.29) is 21.0 Å². The van der Waals surface area contributed by atoms with Crippen molar-refractivity contribution >= 4 is 38.9 Å². The monoisotopic (exact) mass is 348 g/mol. The molecule has 21 heavy (non-hydrogen) atoms. The predicted octanol–water partition coefficient (Wildman–Crippen LogP) is 2.14. The van der Waals surface area contributed by atoms with Gasteiger partial charge in [-0.25, -0.2) is 18.1 Å². The number of imidazole rings is 1. The Labute approximate surface area is 132 Å². The largest absolute Gasteiger partial charge is 0.399 e. The van der Waals surface area contributed by atoms with Crippen LogP contribution in [0.5, 0.6) is 0 Å². The molecule has 0 fully saturated rings. The van der Waals surface area contributed by atoms with Gasteiger partial charge in [0.05, 0.1) is 16.4 Å². The molecule has 0 amide bonds. The Morgan fingerprint density at radius 3 is 2.52 bits per heavy atom. The van der Waals surface area contributed by atoms with Gasteiger partial charge in [0.25, 0.3) is 0 Å². The normalized spacial score (nSPS) is 13.3. The molecule has 0 saturated heterocycles. The molecule has 1 atom stereocenters. The van der Waals surface area contributed by atoms with E-state index in [9.17, 15) is 8.42 Å². The Kier molecular flexibility index (Phi) is 4.77. The molecule has 114 valence electrons. The number of aromatic nitrogens is 2. The Balaban J connectivity index is 2.22. The Morgan fingerprint density at radius 2 is 2.00 bits per heavy atom. The third-order valence-electron chi connectivity index (χ3n) is 2.69. The molecule has 0 aliphatic rings. The SMILES string of the molecule is CC(Cn1ccnc1)NS(=O)(=O)c1c(Cl)cc(N)cc1Cl. The molecule has 1 aromatic heterocycles. The number of halogens is 2. The molecule has 2 aromatic rings. The number of nitrogens with one attached hydrogen (secondary N) is 1. The lowest BCUT2D eigenvalue weighted by Crippen LogP contribution is -2.35. The van der Waals surface area contributed by atoms with E-state index in [0.717, 1.165) is 0 Å². The van der Waals surface area contributed by atoms with E-state index in [0.29, 0.717) is 12.2 Å². The smallest absolute Gasteiger partial charge is 0.243 e. The van der Waals surface area contributed by atoms with Gasteiger partial charge >= 0.3 is 0 Å². The predicted molar refractivity (Wildman–Crippen MR) is 82.9 cm³/mol. The molecule has 3 N–H and O–H groups in total. The summed E-state index contributed by atoms with van der Waals surface area (Å²) in [4.78, 5) is 3.73. The van der Waals surface area contributed by atoms with E-state index < -0.39 is 10.0 Å². The van der Waals surface area contributed by atoms with Gasteiger partial charge in [0.1, 0.15) is 4.90 Å². The van der Waals surface area contributed by atoms with E-state index in [1.165, 1.54) is 12.1 Å².